The van der Waals surface area contributed by atoms with Crippen molar-refractivity contribution in [1.82, 2.24) is 5.32 Å². The zero-order chi connectivity index (χ0) is 27.8. The maximum absolute atomic E-state index is 13.2. The van der Waals surface area contributed by atoms with E-state index in [1.807, 2.05) is 0 Å². The van der Waals surface area contributed by atoms with Crippen molar-refractivity contribution in [2.24, 2.45) is 16.5 Å². The minimum atomic E-state index is -4.71. The van der Waals surface area contributed by atoms with E-state index in [1.165, 1.54) is 0 Å². The maximum Gasteiger partial charge on any atom is 0.416 e. The Morgan fingerprint density at radius 2 is 1.65 bits per heavy atom. The number of Topliss-reactive ketones (excluding diaryl/α,β-unsaturated/α-hetero) is 1. The molecule has 0 radical (unpaired) electrons. The van der Waals surface area contributed by atoms with Crippen molar-refractivity contribution in [2.45, 2.75) is 50.4 Å². The number of guanidine groups is 1. The first kappa shape index (κ1) is 29.8. The van der Waals surface area contributed by atoms with Crippen LogP contribution in [0.25, 0.3) is 0 Å². The van der Waals surface area contributed by atoms with Gasteiger partial charge in [-0.3, -0.25) is 14.4 Å². The number of carboxylic acid groups (broad SMARTS) is 1. The molecule has 9 nitrogen and oxygen atoms in total. The lowest BCUT2D eigenvalue weighted by Gasteiger charge is -2.23. The van der Waals surface area contributed by atoms with E-state index in [0.717, 1.165) is 16.6 Å². The molecule has 2 atom stereocenters. The summed E-state index contributed by atoms with van der Waals surface area (Å²) in [5.41, 5.74) is 9.36. The molecule has 0 saturated carbocycles. The van der Waals surface area contributed by atoms with Gasteiger partial charge in [0.1, 0.15) is 0 Å². The molecule has 2 unspecified atom stereocenters. The van der Waals surface area contributed by atoms with Gasteiger partial charge in [0.05, 0.1) is 29.8 Å². The van der Waals surface area contributed by atoms with Crippen LogP contribution in [0.5, 0.6) is 0 Å². The highest BCUT2D eigenvalue weighted by atomic mass is 79.9. The molecule has 0 bridgehead atoms. The Kier molecular flexibility index (Phi) is 10.6. The quantitative estimate of drug-likeness (QED) is 0.109. The van der Waals surface area contributed by atoms with Crippen molar-refractivity contribution in [1.29, 1.82) is 0 Å². The summed E-state index contributed by atoms with van der Waals surface area (Å²) in [7, 11) is 0. The van der Waals surface area contributed by atoms with Gasteiger partial charge in [0.2, 0.25) is 5.91 Å². The van der Waals surface area contributed by atoms with Gasteiger partial charge in [-0.05, 0) is 48.7 Å². The summed E-state index contributed by atoms with van der Waals surface area (Å²) in [6.07, 6.45) is -6.35. The van der Waals surface area contributed by atoms with Crippen LogP contribution in [-0.2, 0) is 15.8 Å². The molecule has 37 heavy (non-hydrogen) atoms. The highest BCUT2D eigenvalue weighted by Crippen LogP contribution is 2.33. The number of carboxylic acids is 1. The van der Waals surface area contributed by atoms with E-state index in [1.54, 1.807) is 24.3 Å². The molecule has 0 aliphatic rings. The second kappa shape index (κ2) is 13.2. The number of carbonyl (C=O) groups excluding carboxylic acids is 2. The highest BCUT2D eigenvalue weighted by molar-refractivity contribution is 9.10. The third-order valence-electron chi connectivity index (χ3n) is 5.22. The van der Waals surface area contributed by atoms with Crippen molar-refractivity contribution in [3.8, 4) is 0 Å². The Balaban J connectivity index is 1.97. The van der Waals surface area contributed by atoms with Gasteiger partial charge in [0.15, 0.2) is 11.7 Å². The highest BCUT2D eigenvalue weighted by Gasteiger charge is 2.32. The van der Waals surface area contributed by atoms with Crippen molar-refractivity contribution in [2.75, 3.05) is 0 Å². The average Bonchev–Trinajstić information content (AvgIpc) is 2.79. The number of aliphatic imine (C=N–C) groups is 1. The number of nitrogens with one attached hydrogen (secondary N) is 1. The predicted molar refractivity (Wildman–Crippen MR) is 133 cm³/mol. The Hall–Kier alpha value is -3.45. The summed E-state index contributed by atoms with van der Waals surface area (Å²) < 4.78 is 40.3. The number of nitrogens with two attached hydrogens (primary N) is 2. The number of ketones is 1. The van der Waals surface area contributed by atoms with E-state index >= 15 is 0 Å². The number of benzene rings is 2. The van der Waals surface area contributed by atoms with Gasteiger partial charge >= 0.3 is 12.1 Å². The Morgan fingerprint density at radius 1 is 1.03 bits per heavy atom. The molecule has 200 valence electrons. The van der Waals surface area contributed by atoms with Gasteiger partial charge in [-0.15, -0.1) is 0 Å². The van der Waals surface area contributed by atoms with Crippen LogP contribution >= 0.6 is 15.9 Å². The van der Waals surface area contributed by atoms with Gasteiger partial charge in [-0.25, -0.2) is 4.99 Å². The van der Waals surface area contributed by atoms with Crippen molar-refractivity contribution >= 4 is 45.2 Å². The predicted octanol–water partition coefficient (Wildman–Crippen LogP) is 3.81. The van der Waals surface area contributed by atoms with E-state index in [4.69, 9.17) is 16.6 Å². The van der Waals surface area contributed by atoms with E-state index in [2.05, 4.69) is 26.2 Å². The molecule has 1 amide bonds. The lowest BCUT2D eigenvalue weighted by molar-refractivity contribution is -0.139. The van der Waals surface area contributed by atoms with Crippen LogP contribution in [0.2, 0.25) is 0 Å². The Bertz CT molecular complexity index is 1150. The fourth-order valence-electron chi connectivity index (χ4n) is 3.47. The summed E-state index contributed by atoms with van der Waals surface area (Å²) in [5.74, 6) is -2.81. The first-order chi connectivity index (χ1) is 17.3. The van der Waals surface area contributed by atoms with Crippen LogP contribution in [0.3, 0.4) is 0 Å². The van der Waals surface area contributed by atoms with Crippen molar-refractivity contribution in [3.05, 3.63) is 63.6 Å². The topological polar surface area (TPSA) is 168 Å². The van der Waals surface area contributed by atoms with Gasteiger partial charge in [0, 0.05) is 22.9 Å². The molecular weight excluding hydrogens is 561 g/mol. The van der Waals surface area contributed by atoms with Crippen molar-refractivity contribution < 1.29 is 37.8 Å². The fraction of sp³-hybridized carbons (Fsp3) is 0.333. The number of hydrogen-bond acceptors (Lipinski definition) is 5. The molecule has 13 heteroatoms. The number of amides is 1. The number of hydrogen-bond donors (Lipinski definition) is 5. The Morgan fingerprint density at radius 3 is 2.22 bits per heavy atom. The van der Waals surface area contributed by atoms with Gasteiger partial charge in [-0.1, -0.05) is 28.1 Å². The number of carbonyl (C=O) groups is 3. The molecule has 0 fully saturated rings. The number of aliphatic carboxylic acids is 1. The van der Waals surface area contributed by atoms with Gasteiger partial charge < -0.3 is 27.0 Å². The molecule has 0 spiro atoms. The summed E-state index contributed by atoms with van der Waals surface area (Å²) >= 11 is 3.26. The van der Waals surface area contributed by atoms with Crippen LogP contribution in [0.15, 0.2) is 51.9 Å². The molecule has 7 N–H and O–H groups in total. The number of rotatable bonds is 12. The molecular formula is C24H26BrF3N4O5. The van der Waals surface area contributed by atoms with Crippen LogP contribution in [-0.4, -0.2) is 39.9 Å². The van der Waals surface area contributed by atoms with Gasteiger partial charge in [0.25, 0.3) is 0 Å². The van der Waals surface area contributed by atoms with E-state index in [9.17, 15) is 32.7 Å². The van der Waals surface area contributed by atoms with Crippen LogP contribution in [0.1, 0.15) is 59.7 Å². The average molecular weight is 587 g/mol. The zero-order valence-electron chi connectivity index (χ0n) is 19.5. The molecule has 0 saturated heterocycles. The molecule has 0 aromatic heterocycles. The lowest BCUT2D eigenvalue weighted by Crippen LogP contribution is -2.40. The first-order valence-electron chi connectivity index (χ1n) is 11.1. The fourth-order valence-corrected chi connectivity index (χ4v) is 3.73. The summed E-state index contributed by atoms with van der Waals surface area (Å²) in [6.45, 7) is 0. The summed E-state index contributed by atoms with van der Waals surface area (Å²) in [5, 5.41) is 22.2. The standard InChI is InChI=1S/C24H26BrF3N4O5/c25-16-7-5-13(6-8-16)22(37)18(12-21(35)36)32-20(34)4-2-1-3-19(33)14-9-15(24(26,27)28)11-17(10-14)31-23(29)30/h5-11,18,22,37H,1-4,12H2,(H,32,34)(H,35,36)(H4,29,30,31). The second-order valence-corrected chi connectivity index (χ2v) is 9.12. The maximum atomic E-state index is 13.2. The number of alkyl halides is 3. The SMILES string of the molecule is NC(N)=Nc1cc(C(=O)CCCCC(=O)NC(CC(=O)O)C(O)c2ccc(Br)cc2)cc(C(F)(F)F)c1. The molecule has 0 heterocycles. The Labute approximate surface area is 218 Å². The molecule has 2 rings (SSSR count). The first-order valence-corrected chi connectivity index (χ1v) is 11.9. The zero-order valence-corrected chi connectivity index (χ0v) is 21.1. The normalized spacial score (nSPS) is 12.9. The largest absolute Gasteiger partial charge is 0.481 e. The molecule has 2 aromatic rings. The number of aliphatic hydroxyl groups excluding tert-OH is 1. The van der Waals surface area contributed by atoms with Crippen LogP contribution in [0.4, 0.5) is 18.9 Å². The molecule has 2 aromatic carbocycles. The van der Waals surface area contributed by atoms with E-state index < -0.39 is 53.9 Å². The smallest absolute Gasteiger partial charge is 0.416 e. The monoisotopic (exact) mass is 586 g/mol. The number of unbranched alkanes of at least 4 members (excludes halogenated alkanes) is 1. The third kappa shape index (κ3) is 9.84. The summed E-state index contributed by atoms with van der Waals surface area (Å²) in [4.78, 5) is 39.7. The van der Waals surface area contributed by atoms with Gasteiger partial charge in [-0.2, -0.15) is 13.2 Å². The molecule has 0 aliphatic carbocycles. The van der Waals surface area contributed by atoms with E-state index in [-0.39, 0.29) is 36.9 Å². The minimum absolute atomic E-state index is 0.0850. The third-order valence-corrected chi connectivity index (χ3v) is 5.75. The lowest BCUT2D eigenvalue weighted by atomic mass is 9.99. The second-order valence-electron chi connectivity index (χ2n) is 8.20. The summed E-state index contributed by atoms with van der Waals surface area (Å²) in [6, 6.07) is 8.00. The minimum Gasteiger partial charge on any atom is -0.481 e. The van der Waals surface area contributed by atoms with Crippen LogP contribution in [0, 0.1) is 0 Å². The van der Waals surface area contributed by atoms with Crippen molar-refractivity contribution in [3.63, 3.8) is 0 Å². The van der Waals surface area contributed by atoms with E-state index in [0.29, 0.717) is 11.6 Å². The number of halogens is 4. The number of nitrogens with zero attached hydrogens (tertiary/aromatic N) is 1. The molecule has 0 aliphatic heterocycles. The number of aliphatic hydroxyl groups is 1. The van der Waals surface area contributed by atoms with Crippen LogP contribution < -0.4 is 16.8 Å².